The van der Waals surface area contributed by atoms with Crippen molar-refractivity contribution in [1.82, 2.24) is 4.98 Å². The summed E-state index contributed by atoms with van der Waals surface area (Å²) < 4.78 is 12.0. The standard InChI is InChI=1S/C24H17BrN2O4/c1-13-4-3-5-19(26-13)27-21(14-6-9-16(30-2)10-7-14)20-22(28)17-12-15(25)8-11-18(17)31-23(20)24(27)29/h3-12,21H,1-2H3/t21-/m1/s1. The van der Waals surface area contributed by atoms with Gasteiger partial charge < -0.3 is 9.15 Å². The Morgan fingerprint density at radius 1 is 1.06 bits per heavy atom. The molecular weight excluding hydrogens is 460 g/mol. The molecule has 0 radical (unpaired) electrons. The summed E-state index contributed by atoms with van der Waals surface area (Å²) >= 11 is 3.41. The van der Waals surface area contributed by atoms with E-state index in [0.29, 0.717) is 28.1 Å². The van der Waals surface area contributed by atoms with E-state index in [9.17, 15) is 9.59 Å². The summed E-state index contributed by atoms with van der Waals surface area (Å²) in [5.74, 6) is 0.796. The lowest BCUT2D eigenvalue weighted by molar-refractivity contribution is 0.0970. The third-order valence-corrected chi connectivity index (χ3v) is 5.88. The van der Waals surface area contributed by atoms with Crippen LogP contribution in [0.4, 0.5) is 5.82 Å². The molecule has 7 heteroatoms. The molecule has 5 rings (SSSR count). The Kier molecular flexibility index (Phi) is 4.63. The van der Waals surface area contributed by atoms with Crippen LogP contribution in [0.15, 0.2) is 74.3 Å². The molecule has 0 bridgehead atoms. The highest BCUT2D eigenvalue weighted by Crippen LogP contribution is 2.41. The fraction of sp³-hybridized carbons (Fsp3) is 0.125. The first-order valence-corrected chi connectivity index (χ1v) is 10.4. The van der Waals surface area contributed by atoms with Gasteiger partial charge in [-0.1, -0.05) is 34.1 Å². The number of carbonyl (C=O) groups excluding carboxylic acids is 1. The largest absolute Gasteiger partial charge is 0.497 e. The van der Waals surface area contributed by atoms with Crippen molar-refractivity contribution in [1.29, 1.82) is 0 Å². The van der Waals surface area contributed by atoms with Crippen molar-refractivity contribution in [2.75, 3.05) is 12.0 Å². The SMILES string of the molecule is COc1ccc([C@@H]2c3c(oc4ccc(Br)cc4c3=O)C(=O)N2c2cccc(C)n2)cc1. The number of aromatic nitrogens is 1. The Morgan fingerprint density at radius 2 is 1.84 bits per heavy atom. The van der Waals surface area contributed by atoms with Crippen LogP contribution in [0.25, 0.3) is 11.0 Å². The minimum atomic E-state index is -0.665. The van der Waals surface area contributed by atoms with Crippen LogP contribution >= 0.6 is 15.9 Å². The van der Waals surface area contributed by atoms with Gasteiger partial charge >= 0.3 is 0 Å². The molecule has 31 heavy (non-hydrogen) atoms. The van der Waals surface area contributed by atoms with Crippen LogP contribution in [0, 0.1) is 6.92 Å². The normalized spacial score (nSPS) is 15.4. The van der Waals surface area contributed by atoms with Crippen LogP contribution < -0.4 is 15.1 Å². The third kappa shape index (κ3) is 3.13. The first-order valence-electron chi connectivity index (χ1n) is 9.65. The molecule has 1 aliphatic heterocycles. The second-order valence-electron chi connectivity index (χ2n) is 7.30. The lowest BCUT2D eigenvalue weighted by atomic mass is 9.98. The van der Waals surface area contributed by atoms with E-state index in [1.165, 1.54) is 4.90 Å². The lowest BCUT2D eigenvalue weighted by Gasteiger charge is -2.24. The maximum absolute atomic E-state index is 13.6. The summed E-state index contributed by atoms with van der Waals surface area (Å²) in [5.41, 5.74) is 1.97. The Balaban J connectivity index is 1.80. The van der Waals surface area contributed by atoms with Crippen LogP contribution in [0.2, 0.25) is 0 Å². The van der Waals surface area contributed by atoms with E-state index in [2.05, 4.69) is 20.9 Å². The number of rotatable bonds is 3. The van der Waals surface area contributed by atoms with E-state index in [-0.39, 0.29) is 11.2 Å². The van der Waals surface area contributed by atoms with Gasteiger partial charge in [-0.15, -0.1) is 0 Å². The number of methoxy groups -OCH3 is 1. The van der Waals surface area contributed by atoms with Crippen molar-refractivity contribution in [2.45, 2.75) is 13.0 Å². The van der Waals surface area contributed by atoms with E-state index >= 15 is 0 Å². The minimum Gasteiger partial charge on any atom is -0.497 e. The molecule has 0 fully saturated rings. The fourth-order valence-corrected chi connectivity index (χ4v) is 4.31. The van der Waals surface area contributed by atoms with E-state index in [1.54, 1.807) is 43.5 Å². The van der Waals surface area contributed by atoms with Gasteiger partial charge in [0.2, 0.25) is 5.76 Å². The number of ether oxygens (including phenoxy) is 1. The topological polar surface area (TPSA) is 72.6 Å². The predicted molar refractivity (Wildman–Crippen MR) is 121 cm³/mol. The molecule has 0 N–H and O–H groups in total. The molecule has 1 atom stereocenters. The van der Waals surface area contributed by atoms with Crippen molar-refractivity contribution in [2.24, 2.45) is 0 Å². The zero-order chi connectivity index (χ0) is 21.7. The van der Waals surface area contributed by atoms with Crippen molar-refractivity contribution in [3.8, 4) is 5.75 Å². The van der Waals surface area contributed by atoms with Gasteiger partial charge in [0, 0.05) is 10.2 Å². The average molecular weight is 477 g/mol. The number of benzene rings is 2. The molecule has 0 saturated heterocycles. The minimum absolute atomic E-state index is 0.0453. The average Bonchev–Trinajstić information content (AvgIpc) is 3.07. The molecule has 2 aromatic carbocycles. The quantitative estimate of drug-likeness (QED) is 0.415. The lowest BCUT2D eigenvalue weighted by Crippen LogP contribution is -2.30. The van der Waals surface area contributed by atoms with Gasteiger partial charge in [0.25, 0.3) is 5.91 Å². The summed E-state index contributed by atoms with van der Waals surface area (Å²) in [7, 11) is 1.59. The molecule has 154 valence electrons. The Bertz CT molecular complexity index is 1400. The van der Waals surface area contributed by atoms with Gasteiger partial charge in [0.1, 0.15) is 17.2 Å². The third-order valence-electron chi connectivity index (χ3n) is 5.38. The van der Waals surface area contributed by atoms with Gasteiger partial charge in [0.05, 0.1) is 24.1 Å². The van der Waals surface area contributed by atoms with Crippen LogP contribution in [0.3, 0.4) is 0 Å². The van der Waals surface area contributed by atoms with Crippen LogP contribution in [-0.4, -0.2) is 18.0 Å². The summed E-state index contributed by atoms with van der Waals surface area (Å²) in [6, 6.07) is 17.3. The molecule has 1 amide bonds. The Hall–Kier alpha value is -3.45. The maximum atomic E-state index is 13.6. The van der Waals surface area contributed by atoms with Gasteiger partial charge in [0.15, 0.2) is 5.43 Å². The molecule has 4 aromatic rings. The first kappa shape index (κ1) is 19.5. The number of halogens is 1. The first-order chi connectivity index (χ1) is 15.0. The van der Waals surface area contributed by atoms with Crippen LogP contribution in [0.1, 0.15) is 33.4 Å². The molecular formula is C24H17BrN2O4. The molecule has 0 spiro atoms. The van der Waals surface area contributed by atoms with E-state index in [4.69, 9.17) is 9.15 Å². The fourth-order valence-electron chi connectivity index (χ4n) is 3.95. The molecule has 0 saturated carbocycles. The molecule has 1 aliphatic rings. The zero-order valence-electron chi connectivity index (χ0n) is 16.8. The highest BCUT2D eigenvalue weighted by atomic mass is 79.9. The Labute approximate surface area is 186 Å². The number of aryl methyl sites for hydroxylation is 1. The van der Waals surface area contributed by atoms with Gasteiger partial charge in [-0.05, 0) is 55.0 Å². The molecule has 6 nitrogen and oxygen atoms in total. The second-order valence-corrected chi connectivity index (χ2v) is 8.22. The number of amides is 1. The van der Waals surface area contributed by atoms with Gasteiger partial charge in [-0.2, -0.15) is 0 Å². The molecule has 2 aromatic heterocycles. The molecule has 0 aliphatic carbocycles. The molecule has 3 heterocycles. The van der Waals surface area contributed by atoms with Crippen molar-refractivity contribution >= 4 is 38.6 Å². The number of hydrogen-bond acceptors (Lipinski definition) is 5. The second kappa shape index (κ2) is 7.35. The van der Waals surface area contributed by atoms with Crippen LogP contribution in [0.5, 0.6) is 5.75 Å². The van der Waals surface area contributed by atoms with Crippen molar-refractivity contribution in [3.05, 3.63) is 97.9 Å². The summed E-state index contributed by atoms with van der Waals surface area (Å²) in [6.45, 7) is 1.86. The van der Waals surface area contributed by atoms with Crippen molar-refractivity contribution < 1.29 is 13.9 Å². The number of carbonyl (C=O) groups is 1. The van der Waals surface area contributed by atoms with E-state index < -0.39 is 11.9 Å². The Morgan fingerprint density at radius 3 is 2.55 bits per heavy atom. The summed E-state index contributed by atoms with van der Waals surface area (Å²) in [5, 5.41) is 0.415. The number of pyridine rings is 1. The number of nitrogens with zero attached hydrogens (tertiary/aromatic N) is 2. The summed E-state index contributed by atoms with van der Waals surface area (Å²) in [6.07, 6.45) is 0. The van der Waals surface area contributed by atoms with E-state index in [1.807, 2.05) is 31.2 Å². The monoisotopic (exact) mass is 476 g/mol. The number of fused-ring (bicyclic) bond motifs is 2. The highest BCUT2D eigenvalue weighted by molar-refractivity contribution is 9.10. The number of anilines is 1. The highest BCUT2D eigenvalue weighted by Gasteiger charge is 2.44. The summed E-state index contributed by atoms with van der Waals surface area (Å²) in [4.78, 5) is 33.1. The maximum Gasteiger partial charge on any atom is 0.296 e. The van der Waals surface area contributed by atoms with Gasteiger partial charge in [-0.3, -0.25) is 14.5 Å². The zero-order valence-corrected chi connectivity index (χ0v) is 18.3. The number of hydrogen-bond donors (Lipinski definition) is 0. The predicted octanol–water partition coefficient (Wildman–Crippen LogP) is 5.02. The van der Waals surface area contributed by atoms with E-state index in [0.717, 1.165) is 15.7 Å². The van der Waals surface area contributed by atoms with Crippen LogP contribution in [-0.2, 0) is 0 Å². The van der Waals surface area contributed by atoms with Crippen molar-refractivity contribution in [3.63, 3.8) is 0 Å². The molecule has 0 unspecified atom stereocenters. The smallest absolute Gasteiger partial charge is 0.296 e. The van der Waals surface area contributed by atoms with Gasteiger partial charge in [-0.25, -0.2) is 4.98 Å².